The molecule has 0 saturated carbocycles. The van der Waals surface area contributed by atoms with Crippen molar-refractivity contribution in [2.75, 3.05) is 20.2 Å². The lowest BCUT2D eigenvalue weighted by Gasteiger charge is -2.13. The van der Waals surface area contributed by atoms with Crippen LogP contribution in [0.25, 0.3) is 28.0 Å². The lowest BCUT2D eigenvalue weighted by molar-refractivity contribution is 0.0600. The van der Waals surface area contributed by atoms with Crippen LogP contribution in [-0.4, -0.2) is 62.6 Å². The van der Waals surface area contributed by atoms with Gasteiger partial charge in [0, 0.05) is 12.7 Å². The number of ether oxygens (including phenoxy) is 1. The highest BCUT2D eigenvalue weighted by atomic mass is 19.1. The number of halogens is 1. The Morgan fingerprint density at radius 3 is 2.29 bits per heavy atom. The number of carbonyl (C=O) groups is 2. The molecule has 2 atom stereocenters. The lowest BCUT2D eigenvalue weighted by atomic mass is 10.0. The first kappa shape index (κ1) is 22.3. The molecule has 1 amide bonds. The average molecular weight is 476 g/mol. The number of hydrogen-bond donors (Lipinski definition) is 1. The number of carbonyl (C=O) groups excluding carboxylic acids is 1. The molecule has 9 nitrogen and oxygen atoms in total. The fraction of sp³-hybridized carbons (Fsp3) is 0.200. The molecule has 1 saturated heterocycles. The highest BCUT2D eigenvalue weighted by molar-refractivity contribution is 5.90. The Balaban J connectivity index is 1.53. The largest absolute Gasteiger partial charge is 0.465 e. The van der Waals surface area contributed by atoms with E-state index < -0.39 is 30.0 Å². The molecule has 1 aliphatic heterocycles. The molecule has 0 spiro atoms. The van der Waals surface area contributed by atoms with Gasteiger partial charge in [0.05, 0.1) is 36.5 Å². The zero-order valence-corrected chi connectivity index (χ0v) is 18.7. The SMILES string of the molecule is COC(=O)c1ccc(-c2ccc(-n3c(=O)n([C@@H]4CN(C(=O)O)C[C@H]4F)c4ncccc43)cc2)cc1. The van der Waals surface area contributed by atoms with Crippen molar-refractivity contribution >= 4 is 23.2 Å². The van der Waals surface area contributed by atoms with E-state index in [-0.39, 0.29) is 13.1 Å². The molecular weight excluding hydrogens is 455 g/mol. The second-order valence-electron chi connectivity index (χ2n) is 8.22. The van der Waals surface area contributed by atoms with E-state index in [0.717, 1.165) is 16.0 Å². The topological polar surface area (TPSA) is 107 Å². The van der Waals surface area contributed by atoms with Crippen molar-refractivity contribution in [3.63, 3.8) is 0 Å². The fourth-order valence-electron chi connectivity index (χ4n) is 4.46. The maximum Gasteiger partial charge on any atom is 0.407 e. The van der Waals surface area contributed by atoms with Crippen molar-refractivity contribution < 1.29 is 23.8 Å². The van der Waals surface area contributed by atoms with Gasteiger partial charge in [0.25, 0.3) is 0 Å². The van der Waals surface area contributed by atoms with Gasteiger partial charge in [-0.2, -0.15) is 0 Å². The summed E-state index contributed by atoms with van der Waals surface area (Å²) in [5.74, 6) is -0.416. The van der Waals surface area contributed by atoms with Crippen molar-refractivity contribution in [2.24, 2.45) is 0 Å². The number of nitrogens with zero attached hydrogens (tertiary/aromatic N) is 4. The number of pyridine rings is 1. The van der Waals surface area contributed by atoms with Crippen LogP contribution in [0.2, 0.25) is 0 Å². The number of alkyl halides is 1. The number of likely N-dealkylation sites (tertiary alicyclic amines) is 1. The van der Waals surface area contributed by atoms with E-state index in [9.17, 15) is 23.9 Å². The third-order valence-electron chi connectivity index (χ3n) is 6.22. The molecule has 4 aromatic rings. The van der Waals surface area contributed by atoms with E-state index in [1.54, 1.807) is 48.5 Å². The highest BCUT2D eigenvalue weighted by Gasteiger charge is 2.39. The van der Waals surface area contributed by atoms with Gasteiger partial charge in [0.15, 0.2) is 5.65 Å². The van der Waals surface area contributed by atoms with Crippen LogP contribution in [0.5, 0.6) is 0 Å². The Morgan fingerprint density at radius 2 is 1.69 bits per heavy atom. The molecule has 2 aromatic carbocycles. The Bertz CT molecular complexity index is 1480. The number of esters is 1. The van der Waals surface area contributed by atoms with Gasteiger partial charge in [-0.25, -0.2) is 23.8 Å². The van der Waals surface area contributed by atoms with Crippen molar-refractivity contribution in [2.45, 2.75) is 12.2 Å². The normalized spacial score (nSPS) is 17.6. The summed E-state index contributed by atoms with van der Waals surface area (Å²) in [6.45, 7) is -0.429. The number of rotatable bonds is 4. The summed E-state index contributed by atoms with van der Waals surface area (Å²) in [4.78, 5) is 41.8. The third-order valence-corrected chi connectivity index (χ3v) is 6.22. The van der Waals surface area contributed by atoms with Crippen molar-refractivity contribution in [1.82, 2.24) is 19.0 Å². The van der Waals surface area contributed by atoms with Crippen LogP contribution in [0.3, 0.4) is 0 Å². The summed E-state index contributed by atoms with van der Waals surface area (Å²) >= 11 is 0. The van der Waals surface area contributed by atoms with Crippen molar-refractivity contribution in [3.05, 3.63) is 82.9 Å². The second kappa shape index (κ2) is 8.71. The maximum atomic E-state index is 14.8. The van der Waals surface area contributed by atoms with Crippen molar-refractivity contribution in [1.29, 1.82) is 0 Å². The zero-order chi connectivity index (χ0) is 24.7. The van der Waals surface area contributed by atoms with Crippen LogP contribution < -0.4 is 5.69 Å². The molecule has 0 bridgehead atoms. The first-order valence-electron chi connectivity index (χ1n) is 10.9. The molecule has 1 aliphatic rings. The Hall–Kier alpha value is -4.47. The molecule has 3 heterocycles. The van der Waals surface area contributed by atoms with Crippen LogP contribution in [0.4, 0.5) is 9.18 Å². The third kappa shape index (κ3) is 3.82. The number of carboxylic acid groups (broad SMARTS) is 1. The molecule has 10 heteroatoms. The van der Waals surface area contributed by atoms with Gasteiger partial charge in [-0.3, -0.25) is 9.13 Å². The number of hydrogen-bond acceptors (Lipinski definition) is 5. The van der Waals surface area contributed by atoms with Crippen LogP contribution in [0, 0.1) is 0 Å². The molecule has 0 aliphatic carbocycles. The standard InChI is InChI=1S/C25H21FN4O5/c1-35-23(31)17-6-4-15(5-7-17)16-8-10-18(11-9-16)29-20-3-2-12-27-22(20)30(24(29)32)21-14-28(25(33)34)13-19(21)26/h2-12,19,21H,13-14H2,1H3,(H,33,34)/t19-,21-/m1/s1. The maximum absolute atomic E-state index is 14.8. The summed E-state index contributed by atoms with van der Waals surface area (Å²) in [6, 6.07) is 16.6. The highest BCUT2D eigenvalue weighted by Crippen LogP contribution is 2.28. The van der Waals surface area contributed by atoms with E-state index in [1.807, 2.05) is 12.1 Å². The smallest absolute Gasteiger partial charge is 0.407 e. The summed E-state index contributed by atoms with van der Waals surface area (Å²) in [5, 5.41) is 9.26. The summed E-state index contributed by atoms with van der Waals surface area (Å²) < 4.78 is 22.2. The molecule has 1 N–H and O–H groups in total. The van der Waals surface area contributed by atoms with Crippen LogP contribution in [-0.2, 0) is 4.74 Å². The van der Waals surface area contributed by atoms with Crippen molar-refractivity contribution in [3.8, 4) is 16.8 Å². The minimum absolute atomic E-state index is 0.132. The average Bonchev–Trinajstić information content (AvgIpc) is 3.40. The van der Waals surface area contributed by atoms with E-state index in [1.165, 1.54) is 22.4 Å². The molecule has 178 valence electrons. The number of fused-ring (bicyclic) bond motifs is 1. The Morgan fingerprint density at radius 1 is 1.03 bits per heavy atom. The molecule has 0 unspecified atom stereocenters. The van der Waals surface area contributed by atoms with Gasteiger partial charge in [0.1, 0.15) is 6.17 Å². The zero-order valence-electron chi connectivity index (χ0n) is 18.7. The first-order valence-corrected chi connectivity index (χ1v) is 10.9. The van der Waals surface area contributed by atoms with Gasteiger partial charge in [-0.15, -0.1) is 0 Å². The van der Waals surface area contributed by atoms with Crippen LogP contribution >= 0.6 is 0 Å². The molecule has 35 heavy (non-hydrogen) atoms. The van der Waals surface area contributed by atoms with E-state index in [2.05, 4.69) is 4.98 Å². The number of amides is 1. The number of aromatic nitrogens is 3. The number of imidazole rings is 1. The minimum atomic E-state index is -1.53. The fourth-order valence-corrected chi connectivity index (χ4v) is 4.46. The Labute approximate surface area is 198 Å². The molecule has 1 fully saturated rings. The van der Waals surface area contributed by atoms with Crippen LogP contribution in [0.1, 0.15) is 16.4 Å². The molecular formula is C25H21FN4O5. The van der Waals surface area contributed by atoms with Gasteiger partial charge in [-0.05, 0) is 47.5 Å². The van der Waals surface area contributed by atoms with Gasteiger partial charge in [-0.1, -0.05) is 24.3 Å². The van der Waals surface area contributed by atoms with Gasteiger partial charge >= 0.3 is 17.8 Å². The quantitative estimate of drug-likeness (QED) is 0.452. The Kier molecular flexibility index (Phi) is 5.56. The number of benzene rings is 2. The summed E-state index contributed by atoms with van der Waals surface area (Å²) in [6.07, 6.45) is -1.24. The monoisotopic (exact) mass is 476 g/mol. The minimum Gasteiger partial charge on any atom is -0.465 e. The van der Waals surface area contributed by atoms with Gasteiger partial charge < -0.3 is 14.7 Å². The second-order valence-corrected chi connectivity index (χ2v) is 8.22. The molecule has 2 aromatic heterocycles. The summed E-state index contributed by atoms with van der Waals surface area (Å²) in [7, 11) is 1.33. The van der Waals surface area contributed by atoms with Gasteiger partial charge in [0.2, 0.25) is 0 Å². The van der Waals surface area contributed by atoms with Crippen LogP contribution in [0.15, 0.2) is 71.7 Å². The molecule has 5 rings (SSSR count). The first-order chi connectivity index (χ1) is 16.9. The summed E-state index contributed by atoms with van der Waals surface area (Å²) in [5.41, 5.74) is 3.05. The van der Waals surface area contributed by atoms with E-state index >= 15 is 0 Å². The molecule has 0 radical (unpaired) electrons. The predicted molar refractivity (Wildman–Crippen MR) is 126 cm³/mol. The van der Waals surface area contributed by atoms with E-state index in [0.29, 0.717) is 22.4 Å². The lowest BCUT2D eigenvalue weighted by Crippen LogP contribution is -2.32. The number of methoxy groups -OCH3 is 1. The van der Waals surface area contributed by atoms with E-state index in [4.69, 9.17) is 4.74 Å². The predicted octanol–water partition coefficient (Wildman–Crippen LogP) is 3.51.